The number of ketones is 1. The van der Waals surface area contributed by atoms with Crippen molar-refractivity contribution in [3.8, 4) is 6.07 Å². The number of rotatable bonds is 3. The normalized spacial score (nSPS) is 10.8. The van der Waals surface area contributed by atoms with Gasteiger partial charge in [0.1, 0.15) is 11.6 Å². The molecule has 0 aliphatic carbocycles. The predicted molar refractivity (Wildman–Crippen MR) is 81.9 cm³/mol. The number of nitrogens with zero attached hydrogens (tertiary/aromatic N) is 1. The summed E-state index contributed by atoms with van der Waals surface area (Å²) in [4.78, 5) is 12.2. The van der Waals surface area contributed by atoms with Crippen LogP contribution in [0.1, 0.15) is 10.4 Å². The summed E-state index contributed by atoms with van der Waals surface area (Å²) in [6.45, 7) is 0. The molecule has 2 aromatic carbocycles. The maximum atomic E-state index is 12.2. The number of hydrogen-bond donors (Lipinski definition) is 2. The smallest absolute Gasteiger partial charge is 0.205 e. The van der Waals surface area contributed by atoms with Crippen LogP contribution in [0, 0.1) is 11.3 Å². The molecule has 0 aliphatic heterocycles. The van der Waals surface area contributed by atoms with E-state index in [-0.39, 0.29) is 16.5 Å². The number of carbonyl (C=O) groups is 1. The van der Waals surface area contributed by atoms with Crippen molar-refractivity contribution in [1.29, 1.82) is 5.26 Å². The SMILES string of the molecule is N#C/C(=C/NC(N)=S)C(=O)c1ccc2ccccc2c1. The Morgan fingerprint density at radius 1 is 1.25 bits per heavy atom. The molecule has 0 spiro atoms. The van der Waals surface area contributed by atoms with Gasteiger partial charge in [-0.1, -0.05) is 36.4 Å². The Morgan fingerprint density at radius 3 is 2.60 bits per heavy atom. The molecule has 2 aromatic rings. The number of thiocarbonyl (C=S) groups is 1. The highest BCUT2D eigenvalue weighted by Gasteiger charge is 2.12. The van der Waals surface area contributed by atoms with Gasteiger partial charge in [0.25, 0.3) is 0 Å². The lowest BCUT2D eigenvalue weighted by Gasteiger charge is -2.03. The number of hydrogen-bond acceptors (Lipinski definition) is 3. The van der Waals surface area contributed by atoms with E-state index in [0.717, 1.165) is 10.8 Å². The van der Waals surface area contributed by atoms with Crippen LogP contribution in [-0.2, 0) is 0 Å². The summed E-state index contributed by atoms with van der Waals surface area (Å²) < 4.78 is 0. The molecule has 0 saturated heterocycles. The second-order valence-electron chi connectivity index (χ2n) is 4.07. The highest BCUT2D eigenvalue weighted by Crippen LogP contribution is 2.17. The van der Waals surface area contributed by atoms with Crippen LogP contribution in [0.3, 0.4) is 0 Å². The summed E-state index contributed by atoms with van der Waals surface area (Å²) in [5.41, 5.74) is 5.66. The summed E-state index contributed by atoms with van der Waals surface area (Å²) >= 11 is 4.63. The molecule has 0 unspecified atom stereocenters. The Bertz CT molecular complexity index is 759. The number of Topliss-reactive ketones (excluding diaryl/α,β-unsaturated/α-hetero) is 1. The van der Waals surface area contributed by atoms with Crippen LogP contribution in [0.4, 0.5) is 0 Å². The number of fused-ring (bicyclic) bond motifs is 1. The van der Waals surface area contributed by atoms with Gasteiger partial charge in [0, 0.05) is 11.8 Å². The summed E-state index contributed by atoms with van der Waals surface area (Å²) in [5, 5.41) is 13.5. The average Bonchev–Trinajstić information content (AvgIpc) is 2.47. The molecule has 0 bridgehead atoms. The molecule has 0 amide bonds. The molecule has 0 fully saturated rings. The number of nitrogens with one attached hydrogen (secondary N) is 1. The molecule has 0 atom stereocenters. The first-order valence-electron chi connectivity index (χ1n) is 5.81. The van der Waals surface area contributed by atoms with Crippen molar-refractivity contribution in [2.24, 2.45) is 5.73 Å². The zero-order chi connectivity index (χ0) is 14.5. The summed E-state index contributed by atoms with van der Waals surface area (Å²) in [6, 6.07) is 14.8. The topological polar surface area (TPSA) is 78.9 Å². The van der Waals surface area contributed by atoms with Gasteiger partial charge in [0.15, 0.2) is 5.11 Å². The van der Waals surface area contributed by atoms with Gasteiger partial charge in [-0.15, -0.1) is 0 Å². The minimum Gasteiger partial charge on any atom is -0.376 e. The van der Waals surface area contributed by atoms with Crippen molar-refractivity contribution < 1.29 is 4.79 Å². The summed E-state index contributed by atoms with van der Waals surface area (Å²) in [7, 11) is 0. The zero-order valence-corrected chi connectivity index (χ0v) is 11.3. The Labute approximate surface area is 121 Å². The first-order valence-corrected chi connectivity index (χ1v) is 6.22. The first kappa shape index (κ1) is 13.7. The highest BCUT2D eigenvalue weighted by molar-refractivity contribution is 7.80. The lowest BCUT2D eigenvalue weighted by molar-refractivity contribution is 0.103. The fraction of sp³-hybridized carbons (Fsp3) is 0. The summed E-state index contributed by atoms with van der Waals surface area (Å²) in [5.74, 6) is -0.373. The van der Waals surface area contributed by atoms with Crippen molar-refractivity contribution in [2.75, 3.05) is 0 Å². The largest absolute Gasteiger partial charge is 0.376 e. The van der Waals surface area contributed by atoms with Gasteiger partial charge in [-0.2, -0.15) is 5.26 Å². The van der Waals surface area contributed by atoms with Gasteiger partial charge >= 0.3 is 0 Å². The van der Waals surface area contributed by atoms with Gasteiger partial charge in [0.2, 0.25) is 5.78 Å². The standard InChI is InChI=1S/C15H11N3OS/c16-8-13(9-18-15(17)20)14(19)12-6-5-10-3-1-2-4-11(10)7-12/h1-7,9H,(H3,17,18,20)/b13-9-. The minimum atomic E-state index is -0.373. The van der Waals surface area contributed by atoms with E-state index in [1.165, 1.54) is 6.20 Å². The summed E-state index contributed by atoms with van der Waals surface area (Å²) in [6.07, 6.45) is 1.22. The maximum Gasteiger partial charge on any atom is 0.205 e. The predicted octanol–water partition coefficient (Wildman–Crippen LogP) is 2.26. The molecule has 98 valence electrons. The molecule has 0 aliphatic rings. The Hall–Kier alpha value is -2.71. The third-order valence-electron chi connectivity index (χ3n) is 2.74. The van der Waals surface area contributed by atoms with Crippen molar-refractivity contribution in [2.45, 2.75) is 0 Å². The van der Waals surface area contributed by atoms with E-state index in [9.17, 15) is 4.79 Å². The lowest BCUT2D eigenvalue weighted by Crippen LogP contribution is -2.25. The second-order valence-corrected chi connectivity index (χ2v) is 4.51. The van der Waals surface area contributed by atoms with Crippen LogP contribution in [-0.4, -0.2) is 10.9 Å². The number of benzene rings is 2. The molecule has 0 aromatic heterocycles. The third-order valence-corrected chi connectivity index (χ3v) is 2.85. The molecule has 20 heavy (non-hydrogen) atoms. The number of nitrogens with two attached hydrogens (primary N) is 1. The Balaban J connectivity index is 2.37. The van der Waals surface area contributed by atoms with E-state index in [1.54, 1.807) is 12.1 Å². The van der Waals surface area contributed by atoms with E-state index in [0.29, 0.717) is 5.56 Å². The van der Waals surface area contributed by atoms with Crippen LogP contribution >= 0.6 is 12.2 Å². The van der Waals surface area contributed by atoms with Crippen LogP contribution in [0.25, 0.3) is 10.8 Å². The van der Waals surface area contributed by atoms with Crippen LogP contribution in [0.5, 0.6) is 0 Å². The van der Waals surface area contributed by atoms with Crippen molar-refractivity contribution in [1.82, 2.24) is 5.32 Å². The zero-order valence-electron chi connectivity index (χ0n) is 10.5. The van der Waals surface area contributed by atoms with Crippen molar-refractivity contribution in [3.05, 3.63) is 59.8 Å². The van der Waals surface area contributed by atoms with Crippen LogP contribution in [0.15, 0.2) is 54.2 Å². The molecule has 0 radical (unpaired) electrons. The van der Waals surface area contributed by atoms with Gasteiger partial charge in [-0.05, 0) is 29.1 Å². The van der Waals surface area contributed by atoms with Crippen molar-refractivity contribution >= 4 is 33.9 Å². The fourth-order valence-electron chi connectivity index (χ4n) is 1.78. The Morgan fingerprint density at radius 2 is 1.95 bits per heavy atom. The number of allylic oxidation sites excluding steroid dienone is 1. The van der Waals surface area contributed by atoms with Crippen LogP contribution < -0.4 is 11.1 Å². The van der Waals surface area contributed by atoms with Gasteiger partial charge in [0.05, 0.1) is 0 Å². The van der Waals surface area contributed by atoms with Crippen LogP contribution in [0.2, 0.25) is 0 Å². The average molecular weight is 281 g/mol. The van der Waals surface area contributed by atoms with Crippen molar-refractivity contribution in [3.63, 3.8) is 0 Å². The van der Waals surface area contributed by atoms with Gasteiger partial charge < -0.3 is 11.1 Å². The van der Waals surface area contributed by atoms with E-state index >= 15 is 0 Å². The number of carbonyl (C=O) groups excluding carboxylic acids is 1. The number of nitriles is 1. The molecular formula is C15H11N3OS. The molecular weight excluding hydrogens is 270 g/mol. The van der Waals surface area contributed by atoms with E-state index in [1.807, 2.05) is 36.4 Å². The highest BCUT2D eigenvalue weighted by atomic mass is 32.1. The van der Waals surface area contributed by atoms with Gasteiger partial charge in [-0.3, -0.25) is 4.79 Å². The fourth-order valence-corrected chi connectivity index (χ4v) is 1.84. The van der Waals surface area contributed by atoms with E-state index < -0.39 is 0 Å². The Kier molecular flexibility index (Phi) is 4.08. The quantitative estimate of drug-likeness (QED) is 0.390. The molecule has 2 rings (SSSR count). The third kappa shape index (κ3) is 2.99. The van der Waals surface area contributed by atoms with E-state index in [2.05, 4.69) is 17.5 Å². The first-order chi connectivity index (χ1) is 9.61. The second kappa shape index (κ2) is 5.95. The molecule has 0 saturated carbocycles. The minimum absolute atomic E-state index is 0.00376. The molecule has 4 nitrogen and oxygen atoms in total. The monoisotopic (exact) mass is 281 g/mol. The maximum absolute atomic E-state index is 12.2. The molecule has 0 heterocycles. The van der Waals surface area contributed by atoms with Gasteiger partial charge in [-0.25, -0.2) is 0 Å². The van der Waals surface area contributed by atoms with E-state index in [4.69, 9.17) is 11.0 Å². The lowest BCUT2D eigenvalue weighted by atomic mass is 10.0. The molecule has 3 N–H and O–H groups in total. The molecule has 5 heteroatoms.